The van der Waals surface area contributed by atoms with Crippen molar-refractivity contribution in [2.45, 2.75) is 63.0 Å². The second kappa shape index (κ2) is 11.4. The van der Waals surface area contributed by atoms with Gasteiger partial charge in [0.15, 0.2) is 5.78 Å². The van der Waals surface area contributed by atoms with E-state index in [4.69, 9.17) is 16.2 Å². The summed E-state index contributed by atoms with van der Waals surface area (Å²) in [6.07, 6.45) is 4.46. The number of hydrogen-bond acceptors (Lipinski definition) is 5. The summed E-state index contributed by atoms with van der Waals surface area (Å²) in [7, 11) is 0. The molecule has 0 aromatic heterocycles. The molecule has 0 bridgehead atoms. The van der Waals surface area contributed by atoms with Gasteiger partial charge in [0.25, 0.3) is 0 Å². The number of amides is 2. The van der Waals surface area contributed by atoms with Gasteiger partial charge < -0.3 is 21.1 Å². The van der Waals surface area contributed by atoms with Gasteiger partial charge in [-0.25, -0.2) is 0 Å². The third-order valence-electron chi connectivity index (χ3n) is 7.59. The highest BCUT2D eigenvalue weighted by atomic mass is 35.5. The SMILES string of the molecule is C[C@](N)(C(N)=O)C(CCCCc1ccccc1)C(=O)N1CCC2(CC1)CC(=O)c1ccccc1O2.Cl. The van der Waals surface area contributed by atoms with E-state index in [0.29, 0.717) is 50.1 Å². The Kier molecular flexibility index (Phi) is 8.80. The van der Waals surface area contributed by atoms with Gasteiger partial charge in [0.05, 0.1) is 17.9 Å². The number of benzene rings is 2. The molecule has 0 radical (unpaired) electrons. The van der Waals surface area contributed by atoms with Crippen LogP contribution in [-0.2, 0) is 16.0 Å². The van der Waals surface area contributed by atoms with Gasteiger partial charge in [-0.15, -0.1) is 12.4 Å². The van der Waals surface area contributed by atoms with Crippen molar-refractivity contribution in [1.29, 1.82) is 0 Å². The number of unbranched alkanes of at least 4 members (excludes halogenated alkanes) is 1. The molecule has 0 saturated carbocycles. The number of primary amides is 1. The van der Waals surface area contributed by atoms with Gasteiger partial charge in [-0.2, -0.15) is 0 Å². The van der Waals surface area contributed by atoms with Crippen molar-refractivity contribution in [3.63, 3.8) is 0 Å². The average Bonchev–Trinajstić information content (AvgIpc) is 2.84. The van der Waals surface area contributed by atoms with E-state index < -0.39 is 23.0 Å². The Labute approximate surface area is 219 Å². The summed E-state index contributed by atoms with van der Waals surface area (Å²) in [5, 5.41) is 0. The van der Waals surface area contributed by atoms with Crippen molar-refractivity contribution >= 4 is 30.0 Å². The third kappa shape index (κ3) is 5.90. The number of piperidine rings is 1. The molecule has 1 fully saturated rings. The van der Waals surface area contributed by atoms with Crippen LogP contribution in [0.1, 0.15) is 61.4 Å². The van der Waals surface area contributed by atoms with Crippen molar-refractivity contribution < 1.29 is 19.1 Å². The first-order valence-electron chi connectivity index (χ1n) is 12.4. The second-order valence-corrected chi connectivity index (χ2v) is 10.1. The van der Waals surface area contributed by atoms with E-state index in [-0.39, 0.29) is 24.1 Å². The Balaban J connectivity index is 0.00000361. The summed E-state index contributed by atoms with van der Waals surface area (Å²) in [4.78, 5) is 40.2. The van der Waals surface area contributed by atoms with Gasteiger partial charge in [-0.3, -0.25) is 14.4 Å². The molecule has 2 aromatic rings. The maximum absolute atomic E-state index is 13.6. The van der Waals surface area contributed by atoms with E-state index in [1.165, 1.54) is 5.56 Å². The monoisotopic (exact) mass is 513 g/mol. The zero-order valence-electron chi connectivity index (χ0n) is 20.8. The third-order valence-corrected chi connectivity index (χ3v) is 7.59. The standard InChI is InChI=1S/C28H35N3O4.ClH/c1-27(30,26(29)34)22(13-7-5-11-20-9-3-2-4-10-20)25(33)31-17-15-28(16-18-31)19-23(32)21-12-6-8-14-24(21)35-28;/h2-4,6,8-10,12,14,22H,5,7,11,13,15-19,30H2,1H3,(H2,29,34);1H/t22?,27-;/m1./s1. The molecule has 2 aromatic carbocycles. The first-order chi connectivity index (χ1) is 16.7. The highest BCUT2D eigenvalue weighted by Gasteiger charge is 2.47. The molecular weight excluding hydrogens is 478 g/mol. The van der Waals surface area contributed by atoms with Gasteiger partial charge in [0.1, 0.15) is 16.9 Å². The van der Waals surface area contributed by atoms with Crippen molar-refractivity contribution in [2.24, 2.45) is 17.4 Å². The molecule has 0 aliphatic carbocycles. The molecule has 1 unspecified atom stereocenters. The van der Waals surface area contributed by atoms with Crippen LogP contribution in [0.25, 0.3) is 0 Å². The molecule has 2 heterocycles. The Morgan fingerprint density at radius 1 is 1.06 bits per heavy atom. The smallest absolute Gasteiger partial charge is 0.238 e. The molecule has 7 nitrogen and oxygen atoms in total. The van der Waals surface area contributed by atoms with Crippen LogP contribution in [-0.4, -0.2) is 46.7 Å². The number of fused-ring (bicyclic) bond motifs is 1. The maximum Gasteiger partial charge on any atom is 0.238 e. The number of nitrogens with zero attached hydrogens (tertiary/aromatic N) is 1. The van der Waals surface area contributed by atoms with Crippen LogP contribution >= 0.6 is 12.4 Å². The normalized spacial score (nSPS) is 18.8. The molecule has 4 N–H and O–H groups in total. The largest absolute Gasteiger partial charge is 0.486 e. The minimum atomic E-state index is -1.44. The Morgan fingerprint density at radius 3 is 2.36 bits per heavy atom. The summed E-state index contributed by atoms with van der Waals surface area (Å²) in [5.41, 5.74) is 11.8. The van der Waals surface area contributed by atoms with Gasteiger partial charge >= 0.3 is 0 Å². The number of carbonyl (C=O) groups excluding carboxylic acids is 3. The summed E-state index contributed by atoms with van der Waals surface area (Å²) < 4.78 is 6.29. The van der Waals surface area contributed by atoms with E-state index >= 15 is 0 Å². The summed E-state index contributed by atoms with van der Waals surface area (Å²) >= 11 is 0. The summed E-state index contributed by atoms with van der Waals surface area (Å²) in [6, 6.07) is 17.5. The van der Waals surface area contributed by atoms with Crippen LogP contribution in [0, 0.1) is 5.92 Å². The first kappa shape index (κ1) is 27.7. The lowest BCUT2D eigenvalue weighted by Crippen LogP contribution is -2.61. The highest BCUT2D eigenvalue weighted by molar-refractivity contribution is 6.00. The number of likely N-dealkylation sites (tertiary alicyclic amines) is 1. The number of carbonyl (C=O) groups is 3. The molecule has 2 aliphatic rings. The van der Waals surface area contributed by atoms with E-state index in [9.17, 15) is 14.4 Å². The number of ketones is 1. The molecular formula is C28H36ClN3O4. The number of rotatable bonds is 8. The zero-order chi connectivity index (χ0) is 25.1. The lowest BCUT2D eigenvalue weighted by molar-refractivity contribution is -0.145. The van der Waals surface area contributed by atoms with E-state index in [1.807, 2.05) is 36.4 Å². The quantitative estimate of drug-likeness (QED) is 0.522. The number of aryl methyl sites for hydroxylation is 1. The predicted octanol–water partition coefficient (Wildman–Crippen LogP) is 3.67. The summed E-state index contributed by atoms with van der Waals surface area (Å²) in [6.45, 7) is 2.45. The Morgan fingerprint density at radius 2 is 1.69 bits per heavy atom. The minimum absolute atomic E-state index is 0. The maximum atomic E-state index is 13.6. The van der Waals surface area contributed by atoms with Crippen LogP contribution in [0.5, 0.6) is 5.75 Å². The van der Waals surface area contributed by atoms with Crippen molar-refractivity contribution in [2.75, 3.05) is 13.1 Å². The van der Waals surface area contributed by atoms with Crippen LogP contribution in [0.4, 0.5) is 0 Å². The fourth-order valence-electron chi connectivity index (χ4n) is 5.25. The molecule has 2 amide bonds. The number of nitrogens with two attached hydrogens (primary N) is 2. The molecule has 8 heteroatoms. The van der Waals surface area contributed by atoms with Gasteiger partial charge in [-0.05, 0) is 43.9 Å². The minimum Gasteiger partial charge on any atom is -0.486 e. The number of hydrogen-bond donors (Lipinski definition) is 2. The molecule has 2 atom stereocenters. The highest BCUT2D eigenvalue weighted by Crippen LogP contribution is 2.39. The molecule has 36 heavy (non-hydrogen) atoms. The average molecular weight is 514 g/mol. The lowest BCUT2D eigenvalue weighted by Gasteiger charge is -2.45. The first-order valence-corrected chi connectivity index (χ1v) is 12.4. The number of halogens is 1. The fourth-order valence-corrected chi connectivity index (χ4v) is 5.25. The number of ether oxygens (including phenoxy) is 1. The number of Topliss-reactive ketones (excluding diaryl/α,β-unsaturated/α-hetero) is 1. The fraction of sp³-hybridized carbons (Fsp3) is 0.464. The van der Waals surface area contributed by atoms with Gasteiger partial charge in [0, 0.05) is 25.9 Å². The summed E-state index contributed by atoms with van der Waals surface area (Å²) in [5.74, 6) is -0.829. The second-order valence-electron chi connectivity index (χ2n) is 10.1. The molecule has 1 spiro atoms. The van der Waals surface area contributed by atoms with Crippen molar-refractivity contribution in [3.05, 3.63) is 65.7 Å². The van der Waals surface area contributed by atoms with Crippen LogP contribution in [0.15, 0.2) is 54.6 Å². The van der Waals surface area contributed by atoms with Crippen LogP contribution in [0.3, 0.4) is 0 Å². The zero-order valence-corrected chi connectivity index (χ0v) is 21.6. The predicted molar refractivity (Wildman–Crippen MR) is 141 cm³/mol. The van der Waals surface area contributed by atoms with Gasteiger partial charge in [-0.1, -0.05) is 48.9 Å². The van der Waals surface area contributed by atoms with E-state index in [1.54, 1.807) is 17.9 Å². The molecule has 4 rings (SSSR count). The Bertz CT molecular complexity index is 1080. The van der Waals surface area contributed by atoms with Crippen LogP contribution < -0.4 is 16.2 Å². The van der Waals surface area contributed by atoms with Gasteiger partial charge in [0.2, 0.25) is 11.8 Å². The lowest BCUT2D eigenvalue weighted by atomic mass is 9.79. The van der Waals surface area contributed by atoms with Crippen molar-refractivity contribution in [3.8, 4) is 5.75 Å². The topological polar surface area (TPSA) is 116 Å². The number of para-hydroxylation sites is 1. The Hall–Kier alpha value is -2.90. The molecule has 194 valence electrons. The van der Waals surface area contributed by atoms with E-state index in [2.05, 4.69) is 12.1 Å². The molecule has 2 aliphatic heterocycles. The molecule has 1 saturated heterocycles. The van der Waals surface area contributed by atoms with Crippen LogP contribution in [0.2, 0.25) is 0 Å². The van der Waals surface area contributed by atoms with E-state index in [0.717, 1.165) is 19.3 Å². The van der Waals surface area contributed by atoms with Crippen molar-refractivity contribution in [1.82, 2.24) is 4.90 Å².